The number of carbonyl (C=O) groups excluding carboxylic acids is 2. The minimum Gasteiger partial charge on any atom is -0.493 e. The molecule has 26 heavy (non-hydrogen) atoms. The van der Waals surface area contributed by atoms with Crippen LogP contribution in [-0.2, 0) is 9.59 Å². The zero-order valence-corrected chi connectivity index (χ0v) is 15.5. The summed E-state index contributed by atoms with van der Waals surface area (Å²) in [7, 11) is 0. The largest absolute Gasteiger partial charge is 0.493 e. The maximum atomic E-state index is 12.5. The lowest BCUT2D eigenvalue weighted by atomic mass is 9.95. The van der Waals surface area contributed by atoms with Crippen molar-refractivity contribution in [2.24, 2.45) is 5.92 Å². The van der Waals surface area contributed by atoms with E-state index in [4.69, 9.17) is 4.74 Å². The number of nitrogens with zero attached hydrogens (tertiary/aromatic N) is 2. The molecule has 5 nitrogen and oxygen atoms in total. The molecule has 3 rings (SSSR count). The van der Waals surface area contributed by atoms with E-state index >= 15 is 0 Å². The van der Waals surface area contributed by atoms with Crippen molar-refractivity contribution in [1.82, 2.24) is 9.80 Å². The summed E-state index contributed by atoms with van der Waals surface area (Å²) in [6.07, 6.45) is 7.21. The SMILES string of the molecule is CCOc1ccccc1/C=C/C(=O)N1CCC(C(=O)N2CCCC2)CC1. The van der Waals surface area contributed by atoms with Crippen LogP contribution in [0.15, 0.2) is 30.3 Å². The fourth-order valence-corrected chi connectivity index (χ4v) is 3.71. The molecule has 2 aliphatic heterocycles. The molecule has 0 N–H and O–H groups in total. The number of carbonyl (C=O) groups is 2. The van der Waals surface area contributed by atoms with Crippen molar-refractivity contribution in [2.75, 3.05) is 32.8 Å². The van der Waals surface area contributed by atoms with Crippen LogP contribution in [0, 0.1) is 5.92 Å². The second-order valence-corrected chi connectivity index (χ2v) is 6.94. The predicted molar refractivity (Wildman–Crippen MR) is 102 cm³/mol. The molecule has 0 aromatic heterocycles. The summed E-state index contributed by atoms with van der Waals surface area (Å²) in [4.78, 5) is 28.8. The van der Waals surface area contributed by atoms with E-state index in [1.165, 1.54) is 0 Å². The lowest BCUT2D eigenvalue weighted by Gasteiger charge is -2.32. The molecule has 0 spiro atoms. The first-order chi connectivity index (χ1) is 12.7. The Morgan fingerprint density at radius 2 is 1.77 bits per heavy atom. The fraction of sp³-hybridized carbons (Fsp3) is 0.524. The van der Waals surface area contributed by atoms with Gasteiger partial charge in [-0.3, -0.25) is 9.59 Å². The van der Waals surface area contributed by atoms with E-state index in [1.807, 2.05) is 47.1 Å². The second-order valence-electron chi connectivity index (χ2n) is 6.94. The van der Waals surface area contributed by atoms with Crippen molar-refractivity contribution >= 4 is 17.9 Å². The molecule has 0 saturated carbocycles. The van der Waals surface area contributed by atoms with Crippen molar-refractivity contribution < 1.29 is 14.3 Å². The minimum atomic E-state index is 0.00312. The monoisotopic (exact) mass is 356 g/mol. The van der Waals surface area contributed by atoms with E-state index in [-0.39, 0.29) is 17.7 Å². The quantitative estimate of drug-likeness (QED) is 0.762. The van der Waals surface area contributed by atoms with E-state index in [2.05, 4.69) is 0 Å². The van der Waals surface area contributed by atoms with Crippen molar-refractivity contribution in [1.29, 1.82) is 0 Å². The summed E-state index contributed by atoms with van der Waals surface area (Å²) in [5, 5.41) is 0. The Hall–Kier alpha value is -2.30. The number of rotatable bonds is 5. The van der Waals surface area contributed by atoms with E-state index in [9.17, 15) is 9.59 Å². The topological polar surface area (TPSA) is 49.9 Å². The Labute approximate surface area is 155 Å². The molecule has 0 unspecified atom stereocenters. The zero-order chi connectivity index (χ0) is 18.4. The highest BCUT2D eigenvalue weighted by Crippen LogP contribution is 2.23. The lowest BCUT2D eigenvalue weighted by molar-refractivity contribution is -0.138. The molecule has 140 valence electrons. The first-order valence-electron chi connectivity index (χ1n) is 9.66. The fourth-order valence-electron chi connectivity index (χ4n) is 3.71. The van der Waals surface area contributed by atoms with E-state index in [0.29, 0.717) is 19.7 Å². The highest BCUT2D eigenvalue weighted by molar-refractivity contribution is 5.92. The molecule has 1 aromatic carbocycles. The number of para-hydroxylation sites is 1. The maximum absolute atomic E-state index is 12.5. The van der Waals surface area contributed by atoms with Crippen LogP contribution in [0.1, 0.15) is 38.2 Å². The van der Waals surface area contributed by atoms with Gasteiger partial charge in [-0.15, -0.1) is 0 Å². The maximum Gasteiger partial charge on any atom is 0.246 e. The van der Waals surface area contributed by atoms with Gasteiger partial charge in [0.15, 0.2) is 0 Å². The van der Waals surface area contributed by atoms with Gasteiger partial charge in [0.05, 0.1) is 6.61 Å². The van der Waals surface area contributed by atoms with E-state index < -0.39 is 0 Å². The molecule has 0 bridgehead atoms. The van der Waals surface area contributed by atoms with Gasteiger partial charge in [0.2, 0.25) is 11.8 Å². The molecular weight excluding hydrogens is 328 g/mol. The third kappa shape index (κ3) is 4.45. The van der Waals surface area contributed by atoms with Gasteiger partial charge in [0, 0.05) is 43.7 Å². The van der Waals surface area contributed by atoms with Gasteiger partial charge < -0.3 is 14.5 Å². The first-order valence-corrected chi connectivity index (χ1v) is 9.66. The smallest absolute Gasteiger partial charge is 0.246 e. The minimum absolute atomic E-state index is 0.00312. The van der Waals surface area contributed by atoms with Crippen LogP contribution in [0.25, 0.3) is 6.08 Å². The Bertz CT molecular complexity index is 657. The van der Waals surface area contributed by atoms with E-state index in [1.54, 1.807) is 6.08 Å². The number of benzene rings is 1. The number of amides is 2. The summed E-state index contributed by atoms with van der Waals surface area (Å²) in [6.45, 7) is 5.65. The number of hydrogen-bond donors (Lipinski definition) is 0. The average molecular weight is 356 g/mol. The zero-order valence-electron chi connectivity index (χ0n) is 15.5. The molecule has 0 aliphatic carbocycles. The van der Waals surface area contributed by atoms with Crippen molar-refractivity contribution in [3.05, 3.63) is 35.9 Å². The number of hydrogen-bond acceptors (Lipinski definition) is 3. The third-order valence-corrected chi connectivity index (χ3v) is 5.20. The van der Waals surface area contributed by atoms with E-state index in [0.717, 1.165) is 50.1 Å². The summed E-state index contributed by atoms with van der Waals surface area (Å²) in [5.41, 5.74) is 0.904. The van der Waals surface area contributed by atoms with Crippen molar-refractivity contribution in [2.45, 2.75) is 32.6 Å². The Kier molecular flexibility index (Phi) is 6.31. The molecular formula is C21H28N2O3. The van der Waals surface area contributed by atoms with Gasteiger partial charge in [-0.1, -0.05) is 18.2 Å². The molecule has 2 amide bonds. The molecule has 0 radical (unpaired) electrons. The standard InChI is InChI=1S/C21H28N2O3/c1-2-26-19-8-4-3-7-17(19)9-10-20(24)22-15-11-18(12-16-22)21(25)23-13-5-6-14-23/h3-4,7-10,18H,2,5-6,11-16H2,1H3/b10-9+. The van der Waals surface area contributed by atoms with Crippen LogP contribution in [0.3, 0.4) is 0 Å². The van der Waals surface area contributed by atoms with Gasteiger partial charge in [-0.2, -0.15) is 0 Å². The van der Waals surface area contributed by atoms with Gasteiger partial charge in [-0.05, 0) is 44.7 Å². The summed E-state index contributed by atoms with van der Waals surface area (Å²) < 4.78 is 5.59. The van der Waals surface area contributed by atoms with Gasteiger partial charge in [0.1, 0.15) is 5.75 Å². The normalized spacial score (nSPS) is 18.5. The van der Waals surface area contributed by atoms with Gasteiger partial charge in [-0.25, -0.2) is 0 Å². The highest BCUT2D eigenvalue weighted by atomic mass is 16.5. The average Bonchev–Trinajstić information content (AvgIpc) is 3.21. The molecule has 2 aliphatic rings. The Balaban J connectivity index is 1.53. The summed E-state index contributed by atoms with van der Waals surface area (Å²) in [5.74, 6) is 1.16. The Morgan fingerprint density at radius 3 is 2.46 bits per heavy atom. The van der Waals surface area contributed by atoms with Crippen molar-refractivity contribution in [3.63, 3.8) is 0 Å². The number of likely N-dealkylation sites (tertiary alicyclic amines) is 2. The number of ether oxygens (including phenoxy) is 1. The lowest BCUT2D eigenvalue weighted by Crippen LogP contribution is -2.43. The van der Waals surface area contributed by atoms with Crippen LogP contribution < -0.4 is 4.74 Å². The van der Waals surface area contributed by atoms with Gasteiger partial charge in [0.25, 0.3) is 0 Å². The van der Waals surface area contributed by atoms with Crippen molar-refractivity contribution in [3.8, 4) is 5.75 Å². The Morgan fingerprint density at radius 1 is 1.08 bits per heavy atom. The molecule has 0 atom stereocenters. The highest BCUT2D eigenvalue weighted by Gasteiger charge is 2.30. The molecule has 5 heteroatoms. The molecule has 2 saturated heterocycles. The van der Waals surface area contributed by atoms with Crippen LogP contribution >= 0.6 is 0 Å². The first kappa shape index (κ1) is 18.5. The van der Waals surface area contributed by atoms with Crippen LogP contribution in [0.4, 0.5) is 0 Å². The molecule has 1 aromatic rings. The summed E-state index contributed by atoms with van der Waals surface area (Å²) >= 11 is 0. The molecule has 2 heterocycles. The van der Waals surface area contributed by atoms with Crippen LogP contribution in [0.2, 0.25) is 0 Å². The summed E-state index contributed by atoms with van der Waals surface area (Å²) in [6, 6.07) is 7.70. The predicted octanol–water partition coefficient (Wildman–Crippen LogP) is 2.96. The molecule has 2 fully saturated rings. The van der Waals surface area contributed by atoms with Gasteiger partial charge >= 0.3 is 0 Å². The number of piperidine rings is 1. The third-order valence-electron chi connectivity index (χ3n) is 5.20. The second kappa shape index (κ2) is 8.88. The van der Waals surface area contributed by atoms with Crippen LogP contribution in [-0.4, -0.2) is 54.4 Å². The van der Waals surface area contributed by atoms with Crippen LogP contribution in [0.5, 0.6) is 5.75 Å².